The molecule has 1 N–H and O–H groups in total. The zero-order valence-electron chi connectivity index (χ0n) is 6.83. The van der Waals surface area contributed by atoms with Gasteiger partial charge in [-0.05, 0) is 23.7 Å². The summed E-state index contributed by atoms with van der Waals surface area (Å²) in [5.74, 6) is -1.13. The molecule has 0 heterocycles. The number of hydrogen-bond acceptors (Lipinski definition) is 2. The third-order valence-corrected chi connectivity index (χ3v) is 1.33. The fourth-order valence-corrected chi connectivity index (χ4v) is 0.619. The number of aliphatic carboxylic acids is 1. The topological polar surface area (TPSA) is 41.7 Å². The van der Waals surface area contributed by atoms with E-state index < -0.39 is 5.97 Å². The Labute approximate surface area is 76.5 Å². The molecule has 0 saturated carbocycles. The zero-order valence-corrected chi connectivity index (χ0v) is 7.65. The minimum atomic E-state index is -1.13. The van der Waals surface area contributed by atoms with Crippen molar-refractivity contribution in [3.8, 4) is 6.07 Å². The molecule has 0 atom stereocenters. The smallest absolute Gasteiger partial charge is 0.359 e. The lowest BCUT2D eigenvalue weighted by Crippen LogP contribution is -1.97. The molecular weight excluding hydrogens is 174 g/mol. The van der Waals surface area contributed by atoms with Crippen LogP contribution >= 0.6 is 12.2 Å². The molecule has 0 aromatic carbocycles. The minimum absolute atomic E-state index is 0.180. The van der Waals surface area contributed by atoms with Crippen molar-refractivity contribution < 1.29 is 9.90 Å². The Hall–Kier alpha value is -1.17. The van der Waals surface area contributed by atoms with Crippen molar-refractivity contribution in [3.63, 3.8) is 0 Å². The molecular formula is C8H10NO2S+. The third-order valence-electron chi connectivity index (χ3n) is 1.13. The summed E-state index contributed by atoms with van der Waals surface area (Å²) in [7, 11) is 0. The highest BCUT2D eigenvalue weighted by atomic mass is 32.1. The lowest BCUT2D eigenvalue weighted by atomic mass is 10.3. The lowest BCUT2D eigenvalue weighted by Gasteiger charge is -1.76. The van der Waals surface area contributed by atoms with Gasteiger partial charge in [0.1, 0.15) is 0 Å². The first-order chi connectivity index (χ1) is 5.72. The summed E-state index contributed by atoms with van der Waals surface area (Å²) in [6.45, 7) is 2.62. The molecule has 0 aromatic rings. The van der Waals surface area contributed by atoms with Gasteiger partial charge in [-0.15, -0.1) is 0 Å². The maximum Gasteiger partial charge on any atom is 0.359 e. The second-order valence-electron chi connectivity index (χ2n) is 2.13. The van der Waals surface area contributed by atoms with Crippen LogP contribution in [0.25, 0.3) is 4.85 Å². The van der Waals surface area contributed by atoms with Crippen LogP contribution in [0.2, 0.25) is 0 Å². The SMILES string of the molecule is CCCC[N+]#CC(=C=S)C(=O)O. The first-order valence-electron chi connectivity index (χ1n) is 3.63. The monoisotopic (exact) mass is 184 g/mol. The molecule has 12 heavy (non-hydrogen) atoms. The molecule has 0 rings (SSSR count). The van der Waals surface area contributed by atoms with E-state index in [-0.39, 0.29) is 5.57 Å². The fraction of sp³-hybridized carbons (Fsp3) is 0.500. The van der Waals surface area contributed by atoms with Gasteiger partial charge in [0.15, 0.2) is 0 Å². The average Bonchev–Trinajstić information content (AvgIpc) is 2.04. The van der Waals surface area contributed by atoms with E-state index in [1.165, 1.54) is 0 Å². The molecule has 64 valence electrons. The van der Waals surface area contributed by atoms with Crippen molar-refractivity contribution in [2.75, 3.05) is 6.54 Å². The Morgan fingerprint density at radius 1 is 1.67 bits per heavy atom. The Kier molecular flexibility index (Phi) is 5.90. The predicted octanol–water partition coefficient (Wildman–Crippen LogP) is 1.73. The van der Waals surface area contributed by atoms with E-state index in [0.717, 1.165) is 12.8 Å². The van der Waals surface area contributed by atoms with Gasteiger partial charge < -0.3 is 5.11 Å². The molecule has 0 fully saturated rings. The highest BCUT2D eigenvalue weighted by Crippen LogP contribution is 1.90. The standard InChI is InChI=1S/C8H9NO2S/c1-2-3-4-9-5-7(6-12)8(10)11/h2-4H2,1H3/p+1. The predicted molar refractivity (Wildman–Crippen MR) is 50.8 cm³/mol. The van der Waals surface area contributed by atoms with Crippen molar-refractivity contribution in [1.82, 2.24) is 0 Å². The lowest BCUT2D eigenvalue weighted by molar-refractivity contribution is -0.132. The summed E-state index contributed by atoms with van der Waals surface area (Å²) in [4.78, 5) is 14.1. The third kappa shape index (κ3) is 4.62. The number of carboxylic acids is 1. The molecule has 0 aliphatic heterocycles. The molecule has 0 unspecified atom stereocenters. The average molecular weight is 184 g/mol. The van der Waals surface area contributed by atoms with Gasteiger partial charge in [-0.25, -0.2) is 4.79 Å². The fourth-order valence-electron chi connectivity index (χ4n) is 0.486. The molecule has 0 bridgehead atoms. The van der Waals surface area contributed by atoms with Crippen LogP contribution in [0, 0.1) is 6.07 Å². The highest BCUT2D eigenvalue weighted by molar-refractivity contribution is 7.78. The van der Waals surface area contributed by atoms with Gasteiger partial charge in [-0.2, -0.15) is 0 Å². The van der Waals surface area contributed by atoms with Crippen LogP contribution in [0.4, 0.5) is 0 Å². The Morgan fingerprint density at radius 3 is 2.75 bits per heavy atom. The maximum atomic E-state index is 10.3. The first-order valence-corrected chi connectivity index (χ1v) is 4.04. The number of nitrogens with zero attached hydrogens (tertiary/aromatic N) is 1. The van der Waals surface area contributed by atoms with E-state index in [4.69, 9.17) is 5.11 Å². The van der Waals surface area contributed by atoms with Crippen LogP contribution in [-0.4, -0.2) is 22.6 Å². The van der Waals surface area contributed by atoms with E-state index in [9.17, 15) is 4.79 Å². The van der Waals surface area contributed by atoms with Crippen molar-refractivity contribution >= 4 is 23.2 Å². The normalized spacial score (nSPS) is 7.75. The number of rotatable bonds is 3. The van der Waals surface area contributed by atoms with E-state index in [1.807, 2.05) is 6.92 Å². The zero-order chi connectivity index (χ0) is 9.40. The van der Waals surface area contributed by atoms with Crippen molar-refractivity contribution in [3.05, 3.63) is 10.4 Å². The van der Waals surface area contributed by atoms with Crippen LogP contribution < -0.4 is 0 Å². The number of carboxylic acid groups (broad SMARTS) is 1. The summed E-state index contributed by atoms with van der Waals surface area (Å²) in [6.07, 6.45) is 1.95. The molecule has 0 aliphatic carbocycles. The highest BCUT2D eigenvalue weighted by Gasteiger charge is 2.08. The number of thiocarbonyl (C=S) groups is 1. The number of unbranched alkanes of at least 4 members (excludes halogenated alkanes) is 1. The summed E-state index contributed by atoms with van der Waals surface area (Å²) < 4.78 is 0. The summed E-state index contributed by atoms with van der Waals surface area (Å²) >= 11 is 4.34. The first kappa shape index (κ1) is 10.8. The van der Waals surface area contributed by atoms with Crippen molar-refractivity contribution in [2.24, 2.45) is 0 Å². The summed E-state index contributed by atoms with van der Waals surface area (Å²) in [5, 5.41) is 10.5. The van der Waals surface area contributed by atoms with Crippen LogP contribution in [0.1, 0.15) is 19.8 Å². The van der Waals surface area contributed by atoms with Crippen LogP contribution in [-0.2, 0) is 4.79 Å². The van der Waals surface area contributed by atoms with Crippen molar-refractivity contribution in [2.45, 2.75) is 19.8 Å². The molecule has 3 nitrogen and oxygen atoms in total. The Balaban J connectivity index is 4.09. The number of hydrogen-bond donors (Lipinski definition) is 1. The van der Waals surface area contributed by atoms with Gasteiger partial charge in [-0.1, -0.05) is 11.8 Å². The molecule has 0 radical (unpaired) electrons. The van der Waals surface area contributed by atoms with Gasteiger partial charge in [0, 0.05) is 6.42 Å². The van der Waals surface area contributed by atoms with Gasteiger partial charge in [0.05, 0.1) is 0 Å². The molecule has 0 saturated heterocycles. The largest absolute Gasteiger partial charge is 0.477 e. The second-order valence-corrected chi connectivity index (χ2v) is 2.33. The van der Waals surface area contributed by atoms with Crippen LogP contribution in [0.3, 0.4) is 0 Å². The molecule has 0 aromatic heterocycles. The van der Waals surface area contributed by atoms with Gasteiger partial charge in [0.2, 0.25) is 5.57 Å². The Morgan fingerprint density at radius 2 is 2.33 bits per heavy atom. The minimum Gasteiger partial charge on any atom is -0.477 e. The van der Waals surface area contributed by atoms with Crippen LogP contribution in [0.5, 0.6) is 0 Å². The number of carbonyl (C=O) groups is 1. The Bertz CT molecular complexity index is 269. The van der Waals surface area contributed by atoms with Crippen LogP contribution in [0.15, 0.2) is 5.57 Å². The quantitative estimate of drug-likeness (QED) is 0.314. The van der Waals surface area contributed by atoms with E-state index in [1.54, 1.807) is 0 Å². The van der Waals surface area contributed by atoms with E-state index >= 15 is 0 Å². The van der Waals surface area contributed by atoms with Gasteiger partial charge >= 0.3 is 12.0 Å². The van der Waals surface area contributed by atoms with Gasteiger partial charge in [0.25, 0.3) is 6.54 Å². The molecule has 4 heteroatoms. The van der Waals surface area contributed by atoms with E-state index in [0.29, 0.717) is 6.54 Å². The summed E-state index contributed by atoms with van der Waals surface area (Å²) in [6, 6.07) is 2.33. The second kappa shape index (κ2) is 6.53. The molecule has 0 aliphatic rings. The van der Waals surface area contributed by atoms with Gasteiger partial charge in [-0.3, -0.25) is 0 Å². The molecule has 0 amide bonds. The maximum absolute atomic E-state index is 10.3. The van der Waals surface area contributed by atoms with Crippen molar-refractivity contribution in [1.29, 1.82) is 0 Å². The summed E-state index contributed by atoms with van der Waals surface area (Å²) in [5.41, 5.74) is -0.180. The molecule has 0 spiro atoms. The van der Waals surface area contributed by atoms with E-state index in [2.05, 4.69) is 28.2 Å².